The van der Waals surface area contributed by atoms with Crippen LogP contribution in [0.1, 0.15) is 44.8 Å². The van der Waals surface area contributed by atoms with Gasteiger partial charge in [0.05, 0.1) is 22.3 Å². The Bertz CT molecular complexity index is 1160. The Kier molecular flexibility index (Phi) is 5.43. The molecule has 1 aliphatic rings. The van der Waals surface area contributed by atoms with Crippen LogP contribution in [-0.2, 0) is 22.4 Å². The first-order chi connectivity index (χ1) is 14.5. The summed E-state index contributed by atoms with van der Waals surface area (Å²) in [6.45, 7) is -0.475. The van der Waals surface area contributed by atoms with Gasteiger partial charge >= 0.3 is 5.97 Å². The van der Waals surface area contributed by atoms with Gasteiger partial charge in [-0.3, -0.25) is 14.6 Å². The zero-order valence-electron chi connectivity index (χ0n) is 16.3. The maximum Gasteiger partial charge on any atom is 0.339 e. The first-order valence-corrected chi connectivity index (χ1v) is 9.81. The highest BCUT2D eigenvalue weighted by molar-refractivity contribution is 6.07. The Morgan fingerprint density at radius 2 is 1.73 bits per heavy atom. The van der Waals surface area contributed by atoms with Crippen LogP contribution in [0.3, 0.4) is 0 Å². The average molecular weight is 403 g/mol. The molecule has 3 N–H and O–H groups in total. The molecule has 4 rings (SSSR count). The summed E-state index contributed by atoms with van der Waals surface area (Å²) in [5, 5.41) is 3.29. The van der Waals surface area contributed by atoms with Crippen molar-refractivity contribution in [1.29, 1.82) is 0 Å². The van der Waals surface area contributed by atoms with Crippen LogP contribution >= 0.6 is 0 Å². The molecule has 152 valence electrons. The van der Waals surface area contributed by atoms with Crippen molar-refractivity contribution in [2.45, 2.75) is 25.7 Å². The number of fused-ring (bicyclic) bond motifs is 2. The first kappa shape index (κ1) is 19.6. The van der Waals surface area contributed by atoms with Gasteiger partial charge in [0.15, 0.2) is 6.61 Å². The van der Waals surface area contributed by atoms with Crippen LogP contribution < -0.4 is 11.1 Å². The topological polar surface area (TPSA) is 111 Å². The molecule has 1 aromatic heterocycles. The highest BCUT2D eigenvalue weighted by Gasteiger charge is 2.24. The Labute approximate surface area is 173 Å². The van der Waals surface area contributed by atoms with Gasteiger partial charge in [0.2, 0.25) is 0 Å². The van der Waals surface area contributed by atoms with Crippen molar-refractivity contribution in [3.8, 4) is 0 Å². The number of aromatic nitrogens is 1. The highest BCUT2D eigenvalue weighted by Crippen LogP contribution is 2.29. The number of ether oxygens (including phenoxy) is 1. The van der Waals surface area contributed by atoms with Gasteiger partial charge in [-0.2, -0.15) is 0 Å². The van der Waals surface area contributed by atoms with Crippen molar-refractivity contribution >= 4 is 34.4 Å². The van der Waals surface area contributed by atoms with E-state index >= 15 is 0 Å². The Balaban J connectivity index is 1.54. The molecule has 0 saturated carbocycles. The number of pyridine rings is 1. The lowest BCUT2D eigenvalue weighted by Gasteiger charge is -2.20. The molecule has 2 amide bonds. The predicted octanol–water partition coefficient (Wildman–Crippen LogP) is 3.01. The van der Waals surface area contributed by atoms with Crippen molar-refractivity contribution in [3.63, 3.8) is 0 Å². The summed E-state index contributed by atoms with van der Waals surface area (Å²) in [5.74, 6) is -1.76. The molecule has 0 saturated heterocycles. The number of rotatable bonds is 5. The molecule has 2 aromatic carbocycles. The van der Waals surface area contributed by atoms with Crippen LogP contribution in [0, 0.1) is 0 Å². The minimum absolute atomic E-state index is 0.186. The van der Waals surface area contributed by atoms with E-state index in [1.807, 2.05) is 24.3 Å². The number of primary amides is 1. The smallest absolute Gasteiger partial charge is 0.339 e. The Hall–Kier alpha value is -3.74. The average Bonchev–Trinajstić information content (AvgIpc) is 2.76. The molecule has 30 heavy (non-hydrogen) atoms. The number of carbonyl (C=O) groups excluding carboxylic acids is 3. The Morgan fingerprint density at radius 1 is 1.00 bits per heavy atom. The molecule has 3 aromatic rings. The molecule has 1 heterocycles. The van der Waals surface area contributed by atoms with Crippen molar-refractivity contribution in [2.24, 2.45) is 5.73 Å². The number of carbonyl (C=O) groups is 3. The van der Waals surface area contributed by atoms with Crippen LogP contribution in [0.2, 0.25) is 0 Å². The molecule has 0 fully saturated rings. The molecular weight excluding hydrogens is 382 g/mol. The van der Waals surface area contributed by atoms with E-state index in [2.05, 4.69) is 5.32 Å². The van der Waals surface area contributed by atoms with E-state index in [4.69, 9.17) is 15.5 Å². The van der Waals surface area contributed by atoms with E-state index < -0.39 is 24.4 Å². The van der Waals surface area contributed by atoms with Gasteiger partial charge in [-0.1, -0.05) is 30.3 Å². The van der Waals surface area contributed by atoms with Crippen molar-refractivity contribution in [1.82, 2.24) is 4.98 Å². The van der Waals surface area contributed by atoms with E-state index in [0.717, 1.165) is 47.8 Å². The van der Waals surface area contributed by atoms with Crippen LogP contribution in [-0.4, -0.2) is 29.4 Å². The van der Waals surface area contributed by atoms with E-state index in [0.29, 0.717) is 5.56 Å². The number of nitrogens with one attached hydrogen (secondary N) is 1. The normalized spacial score (nSPS) is 12.8. The highest BCUT2D eigenvalue weighted by atomic mass is 16.5. The van der Waals surface area contributed by atoms with E-state index in [1.165, 1.54) is 6.07 Å². The summed E-state index contributed by atoms with van der Waals surface area (Å²) in [6, 6.07) is 13.8. The number of anilines is 1. The van der Waals surface area contributed by atoms with Gasteiger partial charge in [-0.15, -0.1) is 0 Å². The van der Waals surface area contributed by atoms with E-state index in [9.17, 15) is 14.4 Å². The number of nitrogens with two attached hydrogens (primary N) is 1. The molecule has 0 unspecified atom stereocenters. The van der Waals surface area contributed by atoms with Crippen LogP contribution in [0.25, 0.3) is 10.9 Å². The molecule has 0 bridgehead atoms. The van der Waals surface area contributed by atoms with Crippen LogP contribution in [0.15, 0.2) is 48.5 Å². The lowest BCUT2D eigenvalue weighted by Crippen LogP contribution is -2.24. The molecule has 1 aliphatic carbocycles. The summed E-state index contributed by atoms with van der Waals surface area (Å²) in [7, 11) is 0. The quantitative estimate of drug-likeness (QED) is 0.636. The van der Waals surface area contributed by atoms with Gasteiger partial charge in [-0.25, -0.2) is 4.79 Å². The lowest BCUT2D eigenvalue weighted by molar-refractivity contribution is -0.119. The SMILES string of the molecule is NC(=O)c1ccccc1NC(=O)COC(=O)c1c2c(nc3ccccc13)CCCC2. The third kappa shape index (κ3) is 3.87. The third-order valence-corrected chi connectivity index (χ3v) is 5.17. The van der Waals surface area contributed by atoms with Crippen LogP contribution in [0.4, 0.5) is 5.69 Å². The molecule has 7 heteroatoms. The Morgan fingerprint density at radius 3 is 2.57 bits per heavy atom. The van der Waals surface area contributed by atoms with Crippen LogP contribution in [0.5, 0.6) is 0 Å². The van der Waals surface area contributed by atoms with E-state index in [-0.39, 0.29) is 11.3 Å². The second kappa shape index (κ2) is 8.32. The maximum atomic E-state index is 13.0. The fourth-order valence-electron chi connectivity index (χ4n) is 3.80. The molecule has 0 aliphatic heterocycles. The number of hydrogen-bond donors (Lipinski definition) is 2. The van der Waals surface area contributed by atoms with Crippen molar-refractivity contribution in [3.05, 3.63) is 70.9 Å². The minimum atomic E-state index is -0.655. The predicted molar refractivity (Wildman–Crippen MR) is 112 cm³/mol. The number of amides is 2. The standard InChI is InChI=1S/C23H21N3O4/c24-22(28)16-9-3-6-12-19(16)26-20(27)13-30-23(29)21-14-7-1-4-10-17(14)25-18-11-5-2-8-15(18)21/h1,3-4,6-7,9-10,12H,2,5,8,11,13H2,(H2,24,28)(H,26,27). The minimum Gasteiger partial charge on any atom is -0.452 e. The van der Waals surface area contributed by atoms with Gasteiger partial charge in [-0.05, 0) is 49.4 Å². The monoisotopic (exact) mass is 403 g/mol. The van der Waals surface area contributed by atoms with Gasteiger partial charge in [0, 0.05) is 11.1 Å². The second-order valence-corrected chi connectivity index (χ2v) is 7.17. The zero-order chi connectivity index (χ0) is 21.1. The summed E-state index contributed by atoms with van der Waals surface area (Å²) < 4.78 is 5.34. The van der Waals surface area contributed by atoms with E-state index in [1.54, 1.807) is 18.2 Å². The zero-order valence-corrected chi connectivity index (χ0v) is 16.3. The fraction of sp³-hybridized carbons (Fsp3) is 0.217. The number of esters is 1. The third-order valence-electron chi connectivity index (χ3n) is 5.17. The largest absolute Gasteiger partial charge is 0.452 e. The number of para-hydroxylation sites is 2. The summed E-state index contributed by atoms with van der Waals surface area (Å²) in [5.41, 5.74) is 8.84. The number of nitrogens with zero attached hydrogens (tertiary/aromatic N) is 1. The summed E-state index contributed by atoms with van der Waals surface area (Å²) in [6.07, 6.45) is 3.60. The number of benzene rings is 2. The molecule has 0 spiro atoms. The second-order valence-electron chi connectivity index (χ2n) is 7.17. The molecular formula is C23H21N3O4. The van der Waals surface area contributed by atoms with Crippen molar-refractivity contribution in [2.75, 3.05) is 11.9 Å². The molecule has 0 atom stereocenters. The van der Waals surface area contributed by atoms with Crippen molar-refractivity contribution < 1.29 is 19.1 Å². The lowest BCUT2D eigenvalue weighted by atomic mass is 9.90. The maximum absolute atomic E-state index is 13.0. The first-order valence-electron chi connectivity index (χ1n) is 9.81. The molecule has 0 radical (unpaired) electrons. The summed E-state index contributed by atoms with van der Waals surface area (Å²) in [4.78, 5) is 41.5. The molecule has 7 nitrogen and oxygen atoms in total. The number of aryl methyl sites for hydroxylation is 1. The van der Waals surface area contributed by atoms with Gasteiger partial charge < -0.3 is 15.8 Å². The van der Waals surface area contributed by atoms with Gasteiger partial charge in [0.1, 0.15) is 0 Å². The van der Waals surface area contributed by atoms with Gasteiger partial charge in [0.25, 0.3) is 11.8 Å². The number of hydrogen-bond acceptors (Lipinski definition) is 5. The summed E-state index contributed by atoms with van der Waals surface area (Å²) >= 11 is 0. The fourth-order valence-corrected chi connectivity index (χ4v) is 3.80.